The lowest BCUT2D eigenvalue weighted by molar-refractivity contribution is -0.145. The first-order chi connectivity index (χ1) is 11.0. The molecule has 1 aliphatic rings. The molecule has 0 radical (unpaired) electrons. The van der Waals surface area contributed by atoms with Crippen molar-refractivity contribution in [2.75, 3.05) is 19.6 Å². The highest BCUT2D eigenvalue weighted by Crippen LogP contribution is 2.18. The fourth-order valence-electron chi connectivity index (χ4n) is 2.88. The van der Waals surface area contributed by atoms with Crippen molar-refractivity contribution < 1.29 is 24.0 Å². The van der Waals surface area contributed by atoms with E-state index in [9.17, 15) is 14.4 Å². The van der Waals surface area contributed by atoms with E-state index in [4.69, 9.17) is 9.63 Å². The van der Waals surface area contributed by atoms with Gasteiger partial charge in [-0.05, 0) is 19.3 Å². The molecule has 2 rings (SSSR count). The number of carbonyl (C=O) groups excluding carboxylic acids is 2. The minimum atomic E-state index is -1.02. The Labute approximate surface area is 134 Å². The molecular weight excluding hydrogens is 302 g/mol. The van der Waals surface area contributed by atoms with Crippen LogP contribution in [0.4, 0.5) is 0 Å². The predicted molar refractivity (Wildman–Crippen MR) is 79.4 cm³/mol. The summed E-state index contributed by atoms with van der Waals surface area (Å²) in [4.78, 5) is 38.0. The fourth-order valence-corrected chi connectivity index (χ4v) is 2.88. The van der Waals surface area contributed by atoms with Gasteiger partial charge in [-0.1, -0.05) is 5.16 Å². The van der Waals surface area contributed by atoms with Crippen molar-refractivity contribution >= 4 is 17.8 Å². The number of carboxylic acid groups (broad SMARTS) is 1. The van der Waals surface area contributed by atoms with Gasteiger partial charge in [0.05, 0.1) is 12.1 Å². The second-order valence-corrected chi connectivity index (χ2v) is 5.67. The number of rotatable bonds is 5. The lowest BCUT2D eigenvalue weighted by Crippen LogP contribution is -2.43. The van der Waals surface area contributed by atoms with Crippen LogP contribution in [0, 0.1) is 0 Å². The summed E-state index contributed by atoms with van der Waals surface area (Å²) in [5, 5.41) is 12.7. The van der Waals surface area contributed by atoms with Crippen molar-refractivity contribution in [1.29, 1.82) is 0 Å². The third-order valence-corrected chi connectivity index (χ3v) is 4.02. The molecule has 1 fully saturated rings. The van der Waals surface area contributed by atoms with Gasteiger partial charge in [-0.2, -0.15) is 0 Å². The lowest BCUT2D eigenvalue weighted by atomic mass is 10.1. The average molecular weight is 323 g/mol. The molecule has 1 aliphatic heterocycles. The van der Waals surface area contributed by atoms with E-state index >= 15 is 0 Å². The van der Waals surface area contributed by atoms with Crippen LogP contribution in [0.25, 0.3) is 0 Å². The van der Waals surface area contributed by atoms with E-state index in [-0.39, 0.29) is 30.8 Å². The molecule has 23 heavy (non-hydrogen) atoms. The number of aromatic nitrogens is 1. The van der Waals surface area contributed by atoms with Crippen molar-refractivity contribution in [1.82, 2.24) is 15.0 Å². The van der Waals surface area contributed by atoms with Crippen molar-refractivity contribution in [3.05, 3.63) is 18.0 Å². The van der Waals surface area contributed by atoms with Gasteiger partial charge in [0.15, 0.2) is 0 Å². The molecule has 1 atom stereocenters. The van der Waals surface area contributed by atoms with Gasteiger partial charge in [0, 0.05) is 32.1 Å². The van der Waals surface area contributed by atoms with Crippen LogP contribution in [0.2, 0.25) is 0 Å². The minimum absolute atomic E-state index is 0.0350. The fraction of sp³-hybridized carbons (Fsp3) is 0.600. The molecule has 1 saturated heterocycles. The molecule has 1 N–H and O–H groups in total. The minimum Gasteiger partial charge on any atom is -0.480 e. The van der Waals surface area contributed by atoms with Crippen molar-refractivity contribution in [2.45, 2.75) is 38.6 Å². The normalized spacial score (nSPS) is 18.3. The summed E-state index contributed by atoms with van der Waals surface area (Å²) in [5.74, 6) is -1.31. The van der Waals surface area contributed by atoms with Crippen LogP contribution in [0.1, 0.15) is 31.9 Å². The Morgan fingerprint density at radius 3 is 2.78 bits per heavy atom. The highest BCUT2D eigenvalue weighted by Gasteiger charge is 2.27. The largest absolute Gasteiger partial charge is 0.480 e. The van der Waals surface area contributed by atoms with E-state index in [1.54, 1.807) is 11.0 Å². The van der Waals surface area contributed by atoms with Crippen molar-refractivity contribution in [2.24, 2.45) is 0 Å². The zero-order valence-corrected chi connectivity index (χ0v) is 13.1. The smallest absolute Gasteiger partial charge is 0.323 e. The van der Waals surface area contributed by atoms with Gasteiger partial charge in [-0.3, -0.25) is 14.4 Å². The van der Waals surface area contributed by atoms with Gasteiger partial charge in [0.25, 0.3) is 0 Å². The number of nitrogens with zero attached hydrogens (tertiary/aromatic N) is 3. The van der Waals surface area contributed by atoms with Gasteiger partial charge >= 0.3 is 5.97 Å². The molecule has 2 amide bonds. The summed E-state index contributed by atoms with van der Waals surface area (Å²) in [6.07, 6.45) is 3.63. The lowest BCUT2D eigenvalue weighted by Gasteiger charge is -2.28. The van der Waals surface area contributed by atoms with Crippen molar-refractivity contribution in [3.8, 4) is 0 Å². The number of aliphatic carboxylic acids is 1. The first-order valence-electron chi connectivity index (χ1n) is 7.63. The molecular formula is C15H21N3O5. The van der Waals surface area contributed by atoms with Crippen LogP contribution < -0.4 is 0 Å². The molecule has 126 valence electrons. The van der Waals surface area contributed by atoms with Gasteiger partial charge in [0.1, 0.15) is 12.8 Å². The first-order valence-corrected chi connectivity index (χ1v) is 7.63. The van der Waals surface area contributed by atoms with Crippen LogP contribution in [-0.2, 0) is 20.8 Å². The summed E-state index contributed by atoms with van der Waals surface area (Å²) in [6.45, 7) is 2.19. The monoisotopic (exact) mass is 323 g/mol. The number of amides is 2. The maximum Gasteiger partial charge on any atom is 0.323 e. The molecule has 8 nitrogen and oxygen atoms in total. The second kappa shape index (κ2) is 7.75. The van der Waals surface area contributed by atoms with Crippen molar-refractivity contribution in [3.63, 3.8) is 0 Å². The van der Waals surface area contributed by atoms with Crippen LogP contribution in [0.15, 0.2) is 16.9 Å². The molecule has 0 bridgehead atoms. The summed E-state index contributed by atoms with van der Waals surface area (Å²) >= 11 is 0. The van der Waals surface area contributed by atoms with E-state index in [1.165, 1.54) is 18.1 Å². The number of hydrogen-bond donors (Lipinski definition) is 1. The molecule has 0 aliphatic carbocycles. The van der Waals surface area contributed by atoms with E-state index < -0.39 is 5.97 Å². The molecule has 0 saturated carbocycles. The van der Waals surface area contributed by atoms with Gasteiger partial charge in [0.2, 0.25) is 11.8 Å². The van der Waals surface area contributed by atoms with Crippen LogP contribution in [-0.4, -0.2) is 63.5 Å². The third-order valence-electron chi connectivity index (χ3n) is 4.02. The molecule has 1 unspecified atom stereocenters. The summed E-state index contributed by atoms with van der Waals surface area (Å²) < 4.78 is 4.72. The van der Waals surface area contributed by atoms with Crippen LogP contribution in [0.3, 0.4) is 0 Å². The zero-order valence-electron chi connectivity index (χ0n) is 13.1. The Bertz CT molecular complexity index is 557. The van der Waals surface area contributed by atoms with E-state index in [1.807, 2.05) is 0 Å². The van der Waals surface area contributed by atoms with Gasteiger partial charge < -0.3 is 19.4 Å². The predicted octanol–water partition coefficient (Wildman–Crippen LogP) is 0.531. The standard InChI is InChI=1S/C15H21N3O5/c1-11(19)18(10-15(21)22)13-3-2-6-17(7-4-13)14(20)9-12-5-8-23-16-12/h5,8,13H,2-4,6-7,9-10H2,1H3,(H,21,22). The Morgan fingerprint density at radius 2 is 2.17 bits per heavy atom. The van der Waals surface area contributed by atoms with Crippen LogP contribution in [0.5, 0.6) is 0 Å². The second-order valence-electron chi connectivity index (χ2n) is 5.67. The average Bonchev–Trinajstić information content (AvgIpc) is 2.86. The Morgan fingerprint density at radius 1 is 1.39 bits per heavy atom. The Kier molecular flexibility index (Phi) is 5.72. The van der Waals surface area contributed by atoms with Gasteiger partial charge in [-0.15, -0.1) is 0 Å². The van der Waals surface area contributed by atoms with E-state index in [0.717, 1.165) is 6.42 Å². The van der Waals surface area contributed by atoms with Crippen LogP contribution >= 0.6 is 0 Å². The number of likely N-dealkylation sites (tertiary alicyclic amines) is 1. The number of hydrogen-bond acceptors (Lipinski definition) is 5. The Balaban J connectivity index is 1.94. The van der Waals surface area contributed by atoms with E-state index in [0.29, 0.717) is 31.6 Å². The quantitative estimate of drug-likeness (QED) is 0.847. The van der Waals surface area contributed by atoms with Gasteiger partial charge in [-0.25, -0.2) is 0 Å². The molecule has 1 aromatic heterocycles. The summed E-state index contributed by atoms with van der Waals surface area (Å²) in [6, 6.07) is 1.51. The molecule has 1 aromatic rings. The molecule has 0 spiro atoms. The highest BCUT2D eigenvalue weighted by atomic mass is 16.5. The summed E-state index contributed by atoms with van der Waals surface area (Å²) in [5.41, 5.74) is 0.590. The third kappa shape index (κ3) is 4.80. The zero-order chi connectivity index (χ0) is 16.8. The Hall–Kier alpha value is -2.38. The topological polar surface area (TPSA) is 104 Å². The molecule has 8 heteroatoms. The highest BCUT2D eigenvalue weighted by molar-refractivity contribution is 5.80. The van der Waals surface area contributed by atoms with E-state index in [2.05, 4.69) is 5.16 Å². The maximum atomic E-state index is 12.3. The maximum absolute atomic E-state index is 12.3. The number of carbonyl (C=O) groups is 3. The first kappa shape index (κ1) is 17.0. The molecule has 2 heterocycles. The molecule has 0 aromatic carbocycles. The number of carboxylic acids is 1. The SMILES string of the molecule is CC(=O)N(CC(=O)O)C1CCCN(C(=O)Cc2ccon2)CC1. The summed E-state index contributed by atoms with van der Waals surface area (Å²) in [7, 11) is 0.